The lowest BCUT2D eigenvalue weighted by Crippen LogP contribution is -2.34. The summed E-state index contributed by atoms with van der Waals surface area (Å²) in [7, 11) is 0. The minimum atomic E-state index is -0.342. The van der Waals surface area contributed by atoms with E-state index in [1.165, 1.54) is 0 Å². The summed E-state index contributed by atoms with van der Waals surface area (Å²) < 4.78 is -0.342. The Labute approximate surface area is 87.2 Å². The van der Waals surface area contributed by atoms with Crippen molar-refractivity contribution in [2.75, 3.05) is 0 Å². The molecule has 1 aliphatic rings. The third kappa shape index (κ3) is 2.05. The summed E-state index contributed by atoms with van der Waals surface area (Å²) >= 11 is 5.55. The first-order valence-corrected chi connectivity index (χ1v) is 4.94. The Bertz CT molecular complexity index is 235. The molecule has 4 heteroatoms. The first kappa shape index (κ1) is 9.25. The average Bonchev–Trinajstić information content (AvgIpc) is 1.85. The van der Waals surface area contributed by atoms with Gasteiger partial charge in [-0.05, 0) is 0 Å². The Hall–Kier alpha value is 0.160. The molecule has 0 fully saturated rings. The van der Waals surface area contributed by atoms with E-state index in [0.29, 0.717) is 0 Å². The van der Waals surface area contributed by atoms with Gasteiger partial charge in [-0.2, -0.15) is 0 Å². The quantitative estimate of drug-likeness (QED) is 0.578. The second kappa shape index (κ2) is 3.26. The predicted molar refractivity (Wildman–Crippen MR) is 56.6 cm³/mol. The molecule has 0 saturated heterocycles. The third-order valence-electron chi connectivity index (χ3n) is 1.45. The van der Waals surface area contributed by atoms with E-state index in [1.54, 1.807) is 6.08 Å². The monoisotopic (exact) mass is 327 g/mol. The van der Waals surface area contributed by atoms with E-state index < -0.39 is 0 Å². The van der Waals surface area contributed by atoms with Crippen molar-refractivity contribution in [1.29, 1.82) is 0 Å². The van der Waals surface area contributed by atoms with E-state index in [2.05, 4.69) is 38.5 Å². The van der Waals surface area contributed by atoms with Crippen LogP contribution in [0.2, 0.25) is 0 Å². The lowest BCUT2D eigenvalue weighted by Gasteiger charge is -2.24. The van der Waals surface area contributed by atoms with Gasteiger partial charge in [0.25, 0.3) is 0 Å². The van der Waals surface area contributed by atoms with E-state index in [0.717, 1.165) is 0 Å². The van der Waals surface area contributed by atoms with E-state index in [-0.39, 0.29) is 14.2 Å². The van der Waals surface area contributed by atoms with E-state index in [4.69, 9.17) is 5.73 Å². The summed E-state index contributed by atoms with van der Waals surface area (Å²) in [4.78, 5) is 10.9. The SMILES string of the molecule is NC(=O)C1C=CC=CC1(Br)I. The number of carbonyl (C=O) groups is 1. The molecule has 0 bridgehead atoms. The summed E-state index contributed by atoms with van der Waals surface area (Å²) in [5.74, 6) is -0.565. The van der Waals surface area contributed by atoms with Crippen LogP contribution in [0.1, 0.15) is 0 Å². The summed E-state index contributed by atoms with van der Waals surface area (Å²) in [5.41, 5.74) is 5.18. The minimum absolute atomic E-state index is 0.256. The molecule has 1 aliphatic carbocycles. The lowest BCUT2D eigenvalue weighted by molar-refractivity contribution is -0.120. The van der Waals surface area contributed by atoms with Gasteiger partial charge in [-0.1, -0.05) is 62.8 Å². The zero-order valence-corrected chi connectivity index (χ0v) is 9.37. The van der Waals surface area contributed by atoms with Crippen molar-refractivity contribution < 1.29 is 4.79 Å². The minimum Gasteiger partial charge on any atom is -0.369 e. The molecule has 2 unspecified atom stereocenters. The maximum Gasteiger partial charge on any atom is 0.226 e. The van der Waals surface area contributed by atoms with Gasteiger partial charge in [-0.25, -0.2) is 0 Å². The van der Waals surface area contributed by atoms with Crippen molar-refractivity contribution in [3.8, 4) is 0 Å². The number of amides is 1. The molecule has 2 nitrogen and oxygen atoms in total. The molecule has 0 radical (unpaired) electrons. The molecule has 11 heavy (non-hydrogen) atoms. The number of nitrogens with two attached hydrogens (primary N) is 1. The number of allylic oxidation sites excluding steroid dienone is 3. The molecule has 60 valence electrons. The van der Waals surface area contributed by atoms with Gasteiger partial charge in [0.1, 0.15) is 2.33 Å². The fourth-order valence-corrected chi connectivity index (χ4v) is 2.13. The van der Waals surface area contributed by atoms with E-state index >= 15 is 0 Å². The highest BCUT2D eigenvalue weighted by atomic mass is 127. The van der Waals surface area contributed by atoms with Gasteiger partial charge in [0.15, 0.2) is 0 Å². The van der Waals surface area contributed by atoms with Gasteiger partial charge in [-0.15, -0.1) is 0 Å². The number of hydrogen-bond donors (Lipinski definition) is 1. The first-order chi connectivity index (χ1) is 5.04. The molecular weight excluding hydrogens is 321 g/mol. The zero-order chi connectivity index (χ0) is 8.48. The molecule has 0 aromatic rings. The Morgan fingerprint density at radius 3 is 2.64 bits per heavy atom. The maximum absolute atomic E-state index is 10.9. The van der Waals surface area contributed by atoms with Crippen LogP contribution >= 0.6 is 38.5 Å². The molecule has 0 spiro atoms. The smallest absolute Gasteiger partial charge is 0.226 e. The molecule has 1 rings (SSSR count). The molecule has 2 atom stereocenters. The van der Waals surface area contributed by atoms with Crippen LogP contribution in [0.25, 0.3) is 0 Å². The van der Waals surface area contributed by atoms with Crippen LogP contribution in [0.4, 0.5) is 0 Å². The molecule has 2 N–H and O–H groups in total. The van der Waals surface area contributed by atoms with Gasteiger partial charge >= 0.3 is 0 Å². The summed E-state index contributed by atoms with van der Waals surface area (Å²) in [5, 5.41) is 0. The second-order valence-electron chi connectivity index (χ2n) is 2.30. The Morgan fingerprint density at radius 1 is 1.64 bits per heavy atom. The van der Waals surface area contributed by atoms with Gasteiger partial charge in [0.2, 0.25) is 5.91 Å². The van der Waals surface area contributed by atoms with Gasteiger partial charge in [-0.3, -0.25) is 4.79 Å². The number of halogens is 2. The highest BCUT2D eigenvalue weighted by Crippen LogP contribution is 2.39. The van der Waals surface area contributed by atoms with Crippen LogP contribution in [0.5, 0.6) is 0 Å². The standard InChI is InChI=1S/C7H7BrINO/c8-7(9)4-2-1-3-5(7)6(10)11/h1-5H,(H2,10,11). The van der Waals surface area contributed by atoms with Crippen molar-refractivity contribution in [3.05, 3.63) is 24.3 Å². The number of alkyl halides is 2. The average molecular weight is 328 g/mol. The Kier molecular flexibility index (Phi) is 2.74. The van der Waals surface area contributed by atoms with Crippen LogP contribution in [0.15, 0.2) is 24.3 Å². The third-order valence-corrected chi connectivity index (χ3v) is 3.24. The zero-order valence-electron chi connectivity index (χ0n) is 5.63. The molecule has 0 aliphatic heterocycles. The first-order valence-electron chi connectivity index (χ1n) is 3.07. The van der Waals surface area contributed by atoms with Crippen LogP contribution in [-0.2, 0) is 4.79 Å². The number of rotatable bonds is 1. The fraction of sp³-hybridized carbons (Fsp3) is 0.286. The number of primary amides is 1. The Morgan fingerprint density at radius 2 is 2.27 bits per heavy atom. The van der Waals surface area contributed by atoms with Crippen molar-refractivity contribution in [2.24, 2.45) is 11.7 Å². The van der Waals surface area contributed by atoms with Crippen LogP contribution < -0.4 is 5.73 Å². The molecule has 1 amide bonds. The van der Waals surface area contributed by atoms with Crippen LogP contribution in [0, 0.1) is 5.92 Å². The molecule has 0 heterocycles. The highest BCUT2D eigenvalue weighted by molar-refractivity contribution is 14.1. The van der Waals surface area contributed by atoms with Crippen molar-refractivity contribution in [2.45, 2.75) is 2.33 Å². The van der Waals surface area contributed by atoms with Gasteiger partial charge in [0.05, 0.1) is 5.92 Å². The topological polar surface area (TPSA) is 43.1 Å². The second-order valence-corrected chi connectivity index (χ2v) is 6.88. The lowest BCUT2D eigenvalue weighted by atomic mass is 10.0. The van der Waals surface area contributed by atoms with Crippen LogP contribution in [-0.4, -0.2) is 8.24 Å². The number of hydrogen-bond acceptors (Lipinski definition) is 1. The normalized spacial score (nSPS) is 35.6. The molecule has 0 saturated carbocycles. The molecule has 0 aromatic heterocycles. The van der Waals surface area contributed by atoms with Crippen molar-refractivity contribution >= 4 is 44.4 Å². The Balaban J connectivity index is 2.89. The summed E-state index contributed by atoms with van der Waals surface area (Å²) in [6.45, 7) is 0. The maximum atomic E-state index is 10.9. The van der Waals surface area contributed by atoms with Gasteiger partial charge in [0, 0.05) is 0 Å². The largest absolute Gasteiger partial charge is 0.369 e. The van der Waals surface area contributed by atoms with Gasteiger partial charge < -0.3 is 5.73 Å². The van der Waals surface area contributed by atoms with Crippen LogP contribution in [0.3, 0.4) is 0 Å². The molecule has 0 aromatic carbocycles. The summed E-state index contributed by atoms with van der Waals surface area (Å²) in [6, 6.07) is 0. The van der Waals surface area contributed by atoms with E-state index in [9.17, 15) is 4.79 Å². The fourth-order valence-electron chi connectivity index (χ4n) is 0.876. The highest BCUT2D eigenvalue weighted by Gasteiger charge is 2.34. The van der Waals surface area contributed by atoms with Crippen molar-refractivity contribution in [3.63, 3.8) is 0 Å². The predicted octanol–water partition coefficient (Wildman–Crippen LogP) is 1.74. The molecular formula is C7H7BrINO. The summed E-state index contributed by atoms with van der Waals surface area (Å²) in [6.07, 6.45) is 7.42. The number of carbonyl (C=O) groups excluding carboxylic acids is 1. The van der Waals surface area contributed by atoms with Crippen molar-refractivity contribution in [1.82, 2.24) is 0 Å². The van der Waals surface area contributed by atoms with E-state index in [1.807, 2.05) is 18.2 Å².